The van der Waals surface area contributed by atoms with Crippen molar-refractivity contribution in [2.24, 2.45) is 0 Å². The molecule has 5 rings (SSSR count). The number of urea groups is 1. The van der Waals surface area contributed by atoms with E-state index in [1.54, 1.807) is 24.3 Å². The molecular weight excluding hydrogens is 467 g/mol. The summed E-state index contributed by atoms with van der Waals surface area (Å²) in [5.41, 5.74) is 0.900. The molecule has 0 bridgehead atoms. The molecule has 2 saturated heterocycles. The zero-order chi connectivity index (χ0) is 22.5. The van der Waals surface area contributed by atoms with Crippen LogP contribution in [-0.4, -0.2) is 60.5 Å². The molecule has 32 heavy (non-hydrogen) atoms. The van der Waals surface area contributed by atoms with Crippen molar-refractivity contribution in [1.82, 2.24) is 19.5 Å². The van der Waals surface area contributed by atoms with Gasteiger partial charge in [0.15, 0.2) is 23.2 Å². The van der Waals surface area contributed by atoms with Gasteiger partial charge < -0.3 is 20.1 Å². The second-order valence-corrected chi connectivity index (χ2v) is 8.81. The third kappa shape index (κ3) is 3.84. The quantitative estimate of drug-likeness (QED) is 0.404. The maximum atomic E-state index is 12.4. The Labute approximate surface area is 184 Å². The van der Waals surface area contributed by atoms with Gasteiger partial charge in [0.2, 0.25) is 0 Å². The largest absolute Gasteiger partial charge is 0.472 e. The van der Waals surface area contributed by atoms with Gasteiger partial charge in [-0.3, -0.25) is 18.9 Å². The fourth-order valence-corrected chi connectivity index (χ4v) is 4.67. The summed E-state index contributed by atoms with van der Waals surface area (Å²) < 4.78 is 28.6. The molecule has 2 aliphatic heterocycles. The van der Waals surface area contributed by atoms with Crippen LogP contribution < -0.4 is 10.6 Å². The number of ether oxygens (including phenoxy) is 1. The predicted octanol–water partition coefficient (Wildman–Crippen LogP) is 1.90. The van der Waals surface area contributed by atoms with Crippen molar-refractivity contribution in [2.45, 2.75) is 24.5 Å². The van der Waals surface area contributed by atoms with E-state index in [0.29, 0.717) is 10.7 Å². The number of aliphatic hydroxyl groups is 1. The summed E-state index contributed by atoms with van der Waals surface area (Å²) in [6.07, 6.45) is -1.58. The molecule has 0 saturated carbocycles. The minimum atomic E-state index is -4.26. The summed E-state index contributed by atoms with van der Waals surface area (Å²) in [4.78, 5) is 34.4. The molecule has 1 unspecified atom stereocenters. The van der Waals surface area contributed by atoms with Gasteiger partial charge in [0.05, 0.1) is 23.6 Å². The number of benzene rings is 1. The highest BCUT2D eigenvalue weighted by Crippen LogP contribution is 2.52. The number of aromatic nitrogens is 4. The number of aliphatic hydroxyl groups excluding tert-OH is 1. The molecule has 3 aromatic rings. The third-order valence-electron chi connectivity index (χ3n) is 4.95. The highest BCUT2D eigenvalue weighted by molar-refractivity contribution is 7.47. The highest BCUT2D eigenvalue weighted by atomic mass is 35.5. The predicted molar refractivity (Wildman–Crippen MR) is 110 cm³/mol. The maximum Gasteiger partial charge on any atom is 0.472 e. The zero-order valence-electron chi connectivity index (χ0n) is 16.0. The van der Waals surface area contributed by atoms with Crippen LogP contribution in [0.1, 0.15) is 6.23 Å². The van der Waals surface area contributed by atoms with Crippen LogP contribution in [0.2, 0.25) is 5.02 Å². The fourth-order valence-electron chi connectivity index (χ4n) is 3.52. The van der Waals surface area contributed by atoms with Crippen molar-refractivity contribution in [3.8, 4) is 0 Å². The van der Waals surface area contributed by atoms with Crippen molar-refractivity contribution in [2.75, 3.05) is 17.2 Å². The Bertz CT molecular complexity index is 1240. The molecule has 2 aromatic heterocycles. The molecule has 13 nitrogen and oxygen atoms in total. The van der Waals surface area contributed by atoms with E-state index in [-0.39, 0.29) is 23.6 Å². The number of phosphoric acid groups is 1. The van der Waals surface area contributed by atoms with E-state index in [1.165, 1.54) is 17.2 Å². The van der Waals surface area contributed by atoms with Crippen molar-refractivity contribution in [1.29, 1.82) is 0 Å². The zero-order valence-corrected chi connectivity index (χ0v) is 17.7. The fraction of sp³-hybridized carbons (Fsp3) is 0.294. The molecule has 0 radical (unpaired) electrons. The molecule has 0 aliphatic carbocycles. The molecule has 5 atom stereocenters. The average molecular weight is 483 g/mol. The van der Waals surface area contributed by atoms with Gasteiger partial charge in [0.25, 0.3) is 0 Å². The topological polar surface area (TPSA) is 170 Å². The first-order chi connectivity index (χ1) is 15.3. The molecule has 0 spiro atoms. The summed E-state index contributed by atoms with van der Waals surface area (Å²) in [5, 5.41) is 16.2. The van der Waals surface area contributed by atoms with Crippen LogP contribution in [0.15, 0.2) is 36.9 Å². The average Bonchev–Trinajstić information content (AvgIpc) is 3.31. The van der Waals surface area contributed by atoms with E-state index in [0.717, 1.165) is 0 Å². The number of hydrogen-bond donors (Lipinski definition) is 4. The number of imidazole rings is 1. The van der Waals surface area contributed by atoms with E-state index in [9.17, 15) is 19.4 Å². The van der Waals surface area contributed by atoms with Crippen molar-refractivity contribution in [3.05, 3.63) is 41.9 Å². The number of fused-ring (bicyclic) bond motifs is 2. The normalized spacial score (nSPS) is 29.6. The maximum absolute atomic E-state index is 12.4. The summed E-state index contributed by atoms with van der Waals surface area (Å²) >= 11 is 6.05. The van der Waals surface area contributed by atoms with Crippen molar-refractivity contribution in [3.63, 3.8) is 0 Å². The van der Waals surface area contributed by atoms with Gasteiger partial charge in [-0.25, -0.2) is 24.3 Å². The standard InChI is InChI=1S/C17H16ClN6O7P/c18-8-3-1-2-4-9(8)22-17(26)23-14-11-15(20-6-19-14)24(7-21-11)16-12(25)13-10(30-16)5-29-32(27,28)31-13/h1-4,6-7,10,12-13,16,25H,5H2,(H,27,28)(H2,19,20,22,23,26)/t10-,12-,13-,16-/m1/s1. The lowest BCUT2D eigenvalue weighted by Gasteiger charge is -2.27. The Morgan fingerprint density at radius 2 is 2.06 bits per heavy atom. The first kappa shape index (κ1) is 21.2. The van der Waals surface area contributed by atoms with Gasteiger partial charge >= 0.3 is 13.9 Å². The molecule has 168 valence electrons. The number of anilines is 2. The van der Waals surface area contributed by atoms with Gasteiger partial charge in [-0.15, -0.1) is 0 Å². The van der Waals surface area contributed by atoms with Gasteiger partial charge in [-0.05, 0) is 12.1 Å². The number of phosphoric ester groups is 1. The third-order valence-corrected chi connectivity index (χ3v) is 6.27. The van der Waals surface area contributed by atoms with E-state index in [2.05, 4.69) is 25.6 Å². The van der Waals surface area contributed by atoms with Crippen molar-refractivity contribution < 1.29 is 33.1 Å². The smallest absolute Gasteiger partial charge is 0.386 e. The van der Waals surface area contributed by atoms with Crippen molar-refractivity contribution >= 4 is 48.1 Å². The van der Waals surface area contributed by atoms with Gasteiger partial charge in [0, 0.05) is 0 Å². The monoisotopic (exact) mass is 482 g/mol. The van der Waals surface area contributed by atoms with Gasteiger partial charge in [-0.1, -0.05) is 23.7 Å². The number of amides is 2. The van der Waals surface area contributed by atoms with Crippen LogP contribution in [0.25, 0.3) is 11.2 Å². The molecule has 2 aliphatic rings. The Balaban J connectivity index is 1.38. The first-order valence-electron chi connectivity index (χ1n) is 9.32. The molecule has 4 heterocycles. The van der Waals surface area contributed by atoms with E-state index >= 15 is 0 Å². The molecular formula is C17H16ClN6O7P. The first-order valence-corrected chi connectivity index (χ1v) is 11.2. The lowest BCUT2D eigenvalue weighted by molar-refractivity contribution is -0.0664. The Morgan fingerprint density at radius 3 is 2.88 bits per heavy atom. The summed E-state index contributed by atoms with van der Waals surface area (Å²) in [5.74, 6) is 0.114. The highest BCUT2D eigenvalue weighted by Gasteiger charge is 2.52. The Morgan fingerprint density at radius 1 is 1.25 bits per heavy atom. The second kappa shape index (κ2) is 8.05. The van der Waals surface area contributed by atoms with Gasteiger partial charge in [-0.2, -0.15) is 0 Å². The molecule has 2 fully saturated rings. The summed E-state index contributed by atoms with van der Waals surface area (Å²) in [6, 6.07) is 6.14. The SMILES string of the molecule is O=C(Nc1ccccc1Cl)Nc1ncnc2c1ncn2[C@@H]1O[C@@H]2COP(=O)(O)O[C@H]2[C@H]1O. The van der Waals surface area contributed by atoms with Crippen LogP contribution in [-0.2, 0) is 18.3 Å². The molecule has 1 aromatic carbocycles. The molecule has 2 amide bonds. The minimum absolute atomic E-state index is 0.114. The number of rotatable bonds is 3. The number of carbonyl (C=O) groups excluding carboxylic acids is 1. The summed E-state index contributed by atoms with van der Waals surface area (Å²) in [6.45, 7) is -0.220. The second-order valence-electron chi connectivity index (χ2n) is 7.00. The van der Waals surface area contributed by atoms with Gasteiger partial charge in [0.1, 0.15) is 24.6 Å². The Hall–Kier alpha value is -2.64. The van der Waals surface area contributed by atoms with E-state index < -0.39 is 38.4 Å². The summed E-state index contributed by atoms with van der Waals surface area (Å²) in [7, 11) is -4.26. The van der Waals surface area contributed by atoms with E-state index in [4.69, 9.17) is 25.4 Å². The van der Waals surface area contributed by atoms with Crippen LogP contribution in [0.4, 0.5) is 16.3 Å². The number of carbonyl (C=O) groups is 1. The molecule has 4 N–H and O–H groups in total. The van der Waals surface area contributed by atoms with Crippen LogP contribution in [0.5, 0.6) is 0 Å². The number of nitrogens with zero attached hydrogens (tertiary/aromatic N) is 4. The van der Waals surface area contributed by atoms with Crippen LogP contribution >= 0.6 is 19.4 Å². The van der Waals surface area contributed by atoms with Crippen LogP contribution in [0.3, 0.4) is 0 Å². The van der Waals surface area contributed by atoms with Crippen LogP contribution in [0, 0.1) is 0 Å². The lowest BCUT2D eigenvalue weighted by atomic mass is 10.1. The minimum Gasteiger partial charge on any atom is -0.386 e. The number of nitrogens with one attached hydrogen (secondary N) is 2. The lowest BCUT2D eigenvalue weighted by Crippen LogP contribution is -2.39. The van der Waals surface area contributed by atoms with E-state index in [1.807, 2.05) is 0 Å². The Kier molecular flexibility index (Phi) is 5.34. The number of para-hydroxylation sites is 1. The number of hydrogen-bond acceptors (Lipinski definition) is 9. The number of halogens is 1. The molecule has 15 heteroatoms.